The quantitative estimate of drug-likeness (QED) is 0.801. The molecule has 0 aliphatic heterocycles. The van der Waals surface area contributed by atoms with Crippen molar-refractivity contribution in [3.63, 3.8) is 0 Å². The second kappa shape index (κ2) is 7.93. The molecule has 0 atom stereocenters. The summed E-state index contributed by atoms with van der Waals surface area (Å²) in [4.78, 5) is 27.7. The van der Waals surface area contributed by atoms with E-state index < -0.39 is 5.97 Å². The Bertz CT molecular complexity index is 666. The second-order valence-corrected chi connectivity index (χ2v) is 4.88. The number of nitrogens with zero attached hydrogens (tertiary/aromatic N) is 1. The lowest BCUT2D eigenvalue weighted by molar-refractivity contribution is 0.0600. The van der Waals surface area contributed by atoms with E-state index in [9.17, 15) is 9.59 Å². The Kier molecular flexibility index (Phi) is 5.68. The van der Waals surface area contributed by atoms with Crippen molar-refractivity contribution in [2.24, 2.45) is 0 Å². The van der Waals surface area contributed by atoms with Crippen molar-refractivity contribution in [1.82, 2.24) is 4.98 Å². The van der Waals surface area contributed by atoms with Crippen LogP contribution in [0.4, 0.5) is 11.5 Å². The van der Waals surface area contributed by atoms with E-state index in [1.54, 1.807) is 36.4 Å². The van der Waals surface area contributed by atoms with Crippen LogP contribution in [-0.2, 0) is 4.74 Å². The number of nitrogens with one attached hydrogen (secondary N) is 2. The molecule has 0 saturated heterocycles. The van der Waals surface area contributed by atoms with Crippen LogP contribution in [0, 0.1) is 0 Å². The van der Waals surface area contributed by atoms with Gasteiger partial charge in [-0.1, -0.05) is 6.92 Å². The molecule has 0 fully saturated rings. The number of esters is 1. The van der Waals surface area contributed by atoms with Crippen molar-refractivity contribution in [1.29, 1.82) is 0 Å². The zero-order chi connectivity index (χ0) is 16.7. The highest BCUT2D eigenvalue weighted by atomic mass is 16.5. The van der Waals surface area contributed by atoms with E-state index >= 15 is 0 Å². The maximum Gasteiger partial charge on any atom is 0.337 e. The molecule has 2 rings (SSSR count). The van der Waals surface area contributed by atoms with Crippen LogP contribution in [0.2, 0.25) is 0 Å². The van der Waals surface area contributed by atoms with E-state index in [0.717, 1.165) is 18.8 Å². The van der Waals surface area contributed by atoms with Gasteiger partial charge in [0.15, 0.2) is 0 Å². The summed E-state index contributed by atoms with van der Waals surface area (Å²) in [5.74, 6) is 0.0680. The predicted molar refractivity (Wildman–Crippen MR) is 88.8 cm³/mol. The van der Waals surface area contributed by atoms with Gasteiger partial charge >= 0.3 is 5.97 Å². The molecule has 0 spiro atoms. The Hall–Kier alpha value is -2.89. The molecule has 1 amide bonds. The van der Waals surface area contributed by atoms with Crippen molar-refractivity contribution in [2.45, 2.75) is 13.3 Å². The van der Waals surface area contributed by atoms with Gasteiger partial charge in [0, 0.05) is 18.4 Å². The Morgan fingerprint density at radius 1 is 1.09 bits per heavy atom. The molecule has 23 heavy (non-hydrogen) atoms. The van der Waals surface area contributed by atoms with Gasteiger partial charge in [0.25, 0.3) is 5.91 Å². The van der Waals surface area contributed by atoms with Crippen molar-refractivity contribution in [2.75, 3.05) is 24.3 Å². The number of methoxy groups -OCH3 is 1. The number of aromatic nitrogens is 1. The van der Waals surface area contributed by atoms with Crippen LogP contribution in [0.1, 0.15) is 34.1 Å². The van der Waals surface area contributed by atoms with Gasteiger partial charge in [-0.05, 0) is 42.8 Å². The molecule has 2 aromatic rings. The van der Waals surface area contributed by atoms with Gasteiger partial charge in [-0.3, -0.25) is 4.79 Å². The standard InChI is InChI=1S/C17H19N3O3/c1-3-10-18-15-9-6-13(11-19-15)16(21)20-14-7-4-12(5-8-14)17(22)23-2/h4-9,11H,3,10H2,1-2H3,(H,18,19)(H,20,21). The van der Waals surface area contributed by atoms with Crippen LogP contribution in [0.3, 0.4) is 0 Å². The number of hydrogen-bond donors (Lipinski definition) is 2. The first-order valence-electron chi connectivity index (χ1n) is 7.33. The van der Waals surface area contributed by atoms with Gasteiger partial charge in [-0.2, -0.15) is 0 Å². The lowest BCUT2D eigenvalue weighted by atomic mass is 10.2. The molecule has 1 aromatic heterocycles. The summed E-state index contributed by atoms with van der Waals surface area (Å²) in [5.41, 5.74) is 1.48. The van der Waals surface area contributed by atoms with E-state index in [4.69, 9.17) is 0 Å². The second-order valence-electron chi connectivity index (χ2n) is 4.88. The maximum atomic E-state index is 12.2. The third-order valence-electron chi connectivity index (χ3n) is 3.15. The zero-order valence-corrected chi connectivity index (χ0v) is 13.1. The third-order valence-corrected chi connectivity index (χ3v) is 3.15. The molecule has 0 saturated carbocycles. The maximum absolute atomic E-state index is 12.2. The molecular formula is C17H19N3O3. The summed E-state index contributed by atoms with van der Waals surface area (Å²) in [5, 5.41) is 5.90. The minimum absolute atomic E-state index is 0.259. The van der Waals surface area contributed by atoms with Crippen LogP contribution in [0.5, 0.6) is 0 Å². The average Bonchev–Trinajstić information content (AvgIpc) is 2.60. The van der Waals surface area contributed by atoms with E-state index in [1.807, 2.05) is 0 Å². The number of rotatable bonds is 6. The fourth-order valence-electron chi connectivity index (χ4n) is 1.90. The van der Waals surface area contributed by atoms with Crippen LogP contribution in [0.15, 0.2) is 42.6 Å². The minimum atomic E-state index is -0.415. The first-order valence-corrected chi connectivity index (χ1v) is 7.33. The van der Waals surface area contributed by atoms with Crippen molar-refractivity contribution in [3.05, 3.63) is 53.7 Å². The summed E-state index contributed by atoms with van der Waals surface area (Å²) in [6.07, 6.45) is 2.53. The zero-order valence-electron chi connectivity index (χ0n) is 13.1. The SMILES string of the molecule is CCCNc1ccc(C(=O)Nc2ccc(C(=O)OC)cc2)cn1. The molecule has 2 N–H and O–H groups in total. The summed E-state index contributed by atoms with van der Waals surface area (Å²) >= 11 is 0. The van der Waals surface area contributed by atoms with Gasteiger partial charge in [0.2, 0.25) is 0 Å². The summed E-state index contributed by atoms with van der Waals surface area (Å²) in [6.45, 7) is 2.91. The molecule has 0 bridgehead atoms. The van der Waals surface area contributed by atoms with Gasteiger partial charge in [0.05, 0.1) is 18.2 Å². The number of carbonyl (C=O) groups is 2. The number of benzene rings is 1. The Morgan fingerprint density at radius 2 is 1.78 bits per heavy atom. The Morgan fingerprint density at radius 3 is 2.35 bits per heavy atom. The smallest absolute Gasteiger partial charge is 0.337 e. The largest absolute Gasteiger partial charge is 0.465 e. The minimum Gasteiger partial charge on any atom is -0.465 e. The molecular weight excluding hydrogens is 294 g/mol. The topological polar surface area (TPSA) is 80.3 Å². The van der Waals surface area contributed by atoms with Gasteiger partial charge < -0.3 is 15.4 Å². The molecule has 0 aliphatic carbocycles. The molecule has 1 aromatic carbocycles. The molecule has 120 valence electrons. The first-order chi connectivity index (χ1) is 11.1. The van der Waals surface area contributed by atoms with Crippen molar-refractivity contribution >= 4 is 23.4 Å². The number of carbonyl (C=O) groups excluding carboxylic acids is 2. The normalized spacial score (nSPS) is 10.0. The van der Waals surface area contributed by atoms with E-state index in [0.29, 0.717) is 16.8 Å². The fourth-order valence-corrected chi connectivity index (χ4v) is 1.90. The van der Waals surface area contributed by atoms with Crippen molar-refractivity contribution < 1.29 is 14.3 Å². The molecule has 0 radical (unpaired) electrons. The number of anilines is 2. The lowest BCUT2D eigenvalue weighted by Gasteiger charge is -2.07. The third kappa shape index (κ3) is 4.54. The van der Waals surface area contributed by atoms with E-state index in [2.05, 4.69) is 27.3 Å². The van der Waals surface area contributed by atoms with E-state index in [1.165, 1.54) is 13.3 Å². The lowest BCUT2D eigenvalue weighted by Crippen LogP contribution is -2.13. The Balaban J connectivity index is 1.99. The first kappa shape index (κ1) is 16.5. The predicted octanol–water partition coefficient (Wildman–Crippen LogP) is 2.94. The average molecular weight is 313 g/mol. The van der Waals surface area contributed by atoms with Crippen LogP contribution in [0.25, 0.3) is 0 Å². The number of pyridine rings is 1. The summed E-state index contributed by atoms with van der Waals surface area (Å²) < 4.78 is 4.63. The number of amides is 1. The highest BCUT2D eigenvalue weighted by Gasteiger charge is 2.08. The number of ether oxygens (including phenoxy) is 1. The van der Waals surface area contributed by atoms with Crippen LogP contribution in [-0.4, -0.2) is 30.5 Å². The monoisotopic (exact) mass is 313 g/mol. The van der Waals surface area contributed by atoms with E-state index in [-0.39, 0.29) is 5.91 Å². The highest BCUT2D eigenvalue weighted by Crippen LogP contribution is 2.13. The molecule has 6 nitrogen and oxygen atoms in total. The van der Waals surface area contributed by atoms with Gasteiger partial charge in [0.1, 0.15) is 5.82 Å². The van der Waals surface area contributed by atoms with Gasteiger partial charge in [-0.25, -0.2) is 9.78 Å². The summed E-state index contributed by atoms with van der Waals surface area (Å²) in [6, 6.07) is 9.96. The Labute approximate surface area is 134 Å². The fraction of sp³-hybridized carbons (Fsp3) is 0.235. The molecule has 0 aliphatic rings. The molecule has 6 heteroatoms. The molecule has 0 unspecified atom stereocenters. The summed E-state index contributed by atoms with van der Waals surface area (Å²) in [7, 11) is 1.32. The number of hydrogen-bond acceptors (Lipinski definition) is 5. The van der Waals surface area contributed by atoms with Gasteiger partial charge in [-0.15, -0.1) is 0 Å². The molecule has 1 heterocycles. The van der Waals surface area contributed by atoms with Crippen molar-refractivity contribution in [3.8, 4) is 0 Å². The van der Waals surface area contributed by atoms with Crippen LogP contribution < -0.4 is 10.6 Å². The highest BCUT2D eigenvalue weighted by molar-refractivity contribution is 6.04. The van der Waals surface area contributed by atoms with Crippen LogP contribution >= 0.6 is 0 Å².